The third kappa shape index (κ3) is 9.45. The molecule has 5 nitrogen and oxygen atoms in total. The molecule has 1 atom stereocenters. The fourth-order valence-electron chi connectivity index (χ4n) is 1.39. The van der Waals surface area contributed by atoms with Crippen LogP contribution in [0.2, 0.25) is 0 Å². The lowest BCUT2D eigenvalue weighted by Gasteiger charge is -2.08. The molecular weight excluding hydrogens is 212 g/mol. The molecular formula is C11H20O5. The van der Waals surface area contributed by atoms with Crippen LogP contribution in [0.1, 0.15) is 44.9 Å². The van der Waals surface area contributed by atoms with Gasteiger partial charge in [0.1, 0.15) is 0 Å². The molecule has 0 fully saturated rings. The van der Waals surface area contributed by atoms with Crippen molar-refractivity contribution in [1.82, 2.24) is 0 Å². The van der Waals surface area contributed by atoms with Crippen molar-refractivity contribution in [3.05, 3.63) is 0 Å². The molecule has 0 saturated carbocycles. The lowest BCUT2D eigenvalue weighted by Crippen LogP contribution is -2.14. The number of carboxylic acid groups (broad SMARTS) is 1. The van der Waals surface area contributed by atoms with Crippen molar-refractivity contribution in [2.24, 2.45) is 0 Å². The summed E-state index contributed by atoms with van der Waals surface area (Å²) >= 11 is 0. The summed E-state index contributed by atoms with van der Waals surface area (Å²) in [4.78, 5) is 21.0. The van der Waals surface area contributed by atoms with Gasteiger partial charge in [0.2, 0.25) is 0 Å². The van der Waals surface area contributed by atoms with E-state index < -0.39 is 18.0 Å². The zero-order chi connectivity index (χ0) is 12.4. The van der Waals surface area contributed by atoms with Crippen LogP contribution in [0.15, 0.2) is 0 Å². The minimum atomic E-state index is -0.772. The van der Waals surface area contributed by atoms with Gasteiger partial charge in [-0.2, -0.15) is 0 Å². The Morgan fingerprint density at radius 1 is 1.19 bits per heavy atom. The van der Waals surface area contributed by atoms with E-state index >= 15 is 0 Å². The summed E-state index contributed by atoms with van der Waals surface area (Å²) in [6, 6.07) is 0. The number of hydrogen-bond donors (Lipinski definition) is 2. The highest BCUT2D eigenvalue weighted by molar-refractivity contribution is 5.69. The quantitative estimate of drug-likeness (QED) is 0.463. The number of carbonyl (C=O) groups is 2. The lowest BCUT2D eigenvalue weighted by molar-refractivity contribution is -0.143. The fraction of sp³-hybridized carbons (Fsp3) is 0.818. The van der Waals surface area contributed by atoms with Crippen LogP contribution in [0.4, 0.5) is 0 Å². The van der Waals surface area contributed by atoms with Crippen molar-refractivity contribution in [3.63, 3.8) is 0 Å². The van der Waals surface area contributed by atoms with Crippen LogP contribution in [-0.4, -0.2) is 35.4 Å². The maximum Gasteiger partial charge on any atom is 0.308 e. The van der Waals surface area contributed by atoms with Gasteiger partial charge in [-0.15, -0.1) is 0 Å². The van der Waals surface area contributed by atoms with E-state index in [9.17, 15) is 14.7 Å². The summed E-state index contributed by atoms with van der Waals surface area (Å²) in [7, 11) is 1.29. The average Bonchev–Trinajstić information content (AvgIpc) is 2.22. The van der Waals surface area contributed by atoms with Crippen LogP contribution in [0, 0.1) is 0 Å². The lowest BCUT2D eigenvalue weighted by atomic mass is 10.1. The molecule has 0 heterocycles. The summed E-state index contributed by atoms with van der Waals surface area (Å²) in [5, 5.41) is 17.8. The molecule has 0 aromatic heterocycles. The van der Waals surface area contributed by atoms with Crippen LogP contribution in [0.5, 0.6) is 0 Å². The number of unbranched alkanes of at least 4 members (excludes halogenated alkanes) is 3. The van der Waals surface area contributed by atoms with Gasteiger partial charge < -0.3 is 14.9 Å². The predicted molar refractivity (Wildman–Crippen MR) is 58.0 cm³/mol. The molecule has 0 saturated heterocycles. The number of carbonyl (C=O) groups excluding carboxylic acids is 1. The van der Waals surface area contributed by atoms with Crippen molar-refractivity contribution < 1.29 is 24.5 Å². The van der Waals surface area contributed by atoms with Gasteiger partial charge >= 0.3 is 11.9 Å². The van der Waals surface area contributed by atoms with E-state index in [4.69, 9.17) is 5.11 Å². The zero-order valence-electron chi connectivity index (χ0n) is 9.65. The molecule has 0 aliphatic rings. The number of hydrogen-bond acceptors (Lipinski definition) is 4. The van der Waals surface area contributed by atoms with Gasteiger partial charge in [-0.3, -0.25) is 9.59 Å². The van der Waals surface area contributed by atoms with Gasteiger partial charge in [-0.1, -0.05) is 19.3 Å². The minimum Gasteiger partial charge on any atom is -0.481 e. The molecule has 0 rings (SSSR count). The van der Waals surface area contributed by atoms with Crippen LogP contribution < -0.4 is 0 Å². The largest absolute Gasteiger partial charge is 0.481 e. The molecule has 0 aliphatic heterocycles. The zero-order valence-corrected chi connectivity index (χ0v) is 9.65. The summed E-state index contributed by atoms with van der Waals surface area (Å²) in [6.45, 7) is 0. The van der Waals surface area contributed by atoms with Gasteiger partial charge in [-0.05, 0) is 12.8 Å². The second-order valence-electron chi connectivity index (χ2n) is 3.78. The molecule has 5 heteroatoms. The van der Waals surface area contributed by atoms with Crippen molar-refractivity contribution in [2.75, 3.05) is 7.11 Å². The predicted octanol–water partition coefficient (Wildman–Crippen LogP) is 1.34. The Balaban J connectivity index is 3.30. The number of aliphatic hydroxyl groups is 1. The van der Waals surface area contributed by atoms with Crippen molar-refractivity contribution in [1.29, 1.82) is 0 Å². The maximum atomic E-state index is 10.8. The molecule has 0 bridgehead atoms. The molecule has 0 aromatic rings. The third-order valence-corrected chi connectivity index (χ3v) is 2.31. The molecule has 2 N–H and O–H groups in total. The van der Waals surface area contributed by atoms with Crippen LogP contribution >= 0.6 is 0 Å². The van der Waals surface area contributed by atoms with Crippen molar-refractivity contribution >= 4 is 11.9 Å². The number of ether oxygens (including phenoxy) is 1. The molecule has 0 unspecified atom stereocenters. The minimum absolute atomic E-state index is 0.0334. The molecule has 16 heavy (non-hydrogen) atoms. The first kappa shape index (κ1) is 14.9. The molecule has 0 amide bonds. The van der Waals surface area contributed by atoms with E-state index in [0.29, 0.717) is 12.8 Å². The first-order valence-electron chi connectivity index (χ1n) is 5.53. The van der Waals surface area contributed by atoms with Gasteiger partial charge in [0.15, 0.2) is 0 Å². The van der Waals surface area contributed by atoms with Crippen molar-refractivity contribution in [2.45, 2.75) is 51.0 Å². The maximum absolute atomic E-state index is 10.8. The van der Waals surface area contributed by atoms with E-state index in [1.54, 1.807) is 0 Å². The van der Waals surface area contributed by atoms with E-state index in [1.165, 1.54) is 7.11 Å². The number of aliphatic carboxylic acids is 1. The number of rotatable bonds is 9. The monoisotopic (exact) mass is 232 g/mol. The summed E-state index contributed by atoms with van der Waals surface area (Å²) in [5.74, 6) is -1.18. The molecule has 0 aliphatic carbocycles. The molecule has 94 valence electrons. The Hall–Kier alpha value is -1.10. The van der Waals surface area contributed by atoms with Crippen LogP contribution in [-0.2, 0) is 14.3 Å². The first-order chi connectivity index (χ1) is 7.56. The smallest absolute Gasteiger partial charge is 0.308 e. The Labute approximate surface area is 95.4 Å². The molecule has 0 radical (unpaired) electrons. The molecule has 0 spiro atoms. The topological polar surface area (TPSA) is 83.8 Å². The fourth-order valence-corrected chi connectivity index (χ4v) is 1.39. The average molecular weight is 232 g/mol. The van der Waals surface area contributed by atoms with E-state index in [-0.39, 0.29) is 12.8 Å². The number of esters is 1. The summed E-state index contributed by atoms with van der Waals surface area (Å²) < 4.78 is 4.43. The van der Waals surface area contributed by atoms with Gasteiger partial charge in [0.05, 0.1) is 19.6 Å². The van der Waals surface area contributed by atoms with Crippen molar-refractivity contribution in [3.8, 4) is 0 Å². The standard InChI is InChI=1S/C11H20O5/c1-16-11(15)8-9(12)6-4-2-3-5-7-10(13)14/h9,12H,2-8H2,1H3,(H,13,14)/t9-/m1/s1. The SMILES string of the molecule is COC(=O)C[C@H](O)CCCCCCC(=O)O. The van der Waals surface area contributed by atoms with Gasteiger partial charge in [-0.25, -0.2) is 0 Å². The summed E-state index contributed by atoms with van der Waals surface area (Å²) in [5.41, 5.74) is 0. The molecule has 0 aromatic carbocycles. The summed E-state index contributed by atoms with van der Waals surface area (Å²) in [6.07, 6.45) is 3.34. The second-order valence-corrected chi connectivity index (χ2v) is 3.78. The Morgan fingerprint density at radius 3 is 2.38 bits per heavy atom. The highest BCUT2D eigenvalue weighted by Crippen LogP contribution is 2.09. The second kappa shape index (κ2) is 9.15. The van der Waals surface area contributed by atoms with E-state index in [2.05, 4.69) is 4.74 Å². The Kier molecular flexibility index (Phi) is 8.52. The normalized spacial score (nSPS) is 12.1. The van der Waals surface area contributed by atoms with Gasteiger partial charge in [0, 0.05) is 6.42 Å². The Bertz CT molecular complexity index is 214. The third-order valence-electron chi connectivity index (χ3n) is 2.31. The van der Waals surface area contributed by atoms with Gasteiger partial charge in [0.25, 0.3) is 0 Å². The van der Waals surface area contributed by atoms with Crippen LogP contribution in [0.3, 0.4) is 0 Å². The van der Waals surface area contributed by atoms with E-state index in [0.717, 1.165) is 19.3 Å². The first-order valence-corrected chi connectivity index (χ1v) is 5.53. The highest BCUT2D eigenvalue weighted by atomic mass is 16.5. The van der Waals surface area contributed by atoms with E-state index in [1.807, 2.05) is 0 Å². The highest BCUT2D eigenvalue weighted by Gasteiger charge is 2.10. The number of aliphatic hydroxyl groups excluding tert-OH is 1. The van der Waals surface area contributed by atoms with Crippen LogP contribution in [0.25, 0.3) is 0 Å². The number of carboxylic acids is 1. The number of methoxy groups -OCH3 is 1. The Morgan fingerprint density at radius 2 is 1.81 bits per heavy atom.